The molecule has 24 heavy (non-hydrogen) atoms. The highest BCUT2D eigenvalue weighted by molar-refractivity contribution is 7.03. The van der Waals surface area contributed by atoms with Crippen LogP contribution in [0.3, 0.4) is 0 Å². The molecule has 3 heterocycles. The van der Waals surface area contributed by atoms with Gasteiger partial charge in [0.1, 0.15) is 5.69 Å². The third-order valence-corrected chi connectivity index (χ3v) is 5.60. The molecule has 1 aromatic heterocycles. The minimum absolute atomic E-state index is 0.166. The topological polar surface area (TPSA) is 49.3 Å². The summed E-state index contributed by atoms with van der Waals surface area (Å²) in [6.45, 7) is 4.30. The van der Waals surface area contributed by atoms with Gasteiger partial charge in [-0.15, -0.1) is 5.10 Å². The van der Waals surface area contributed by atoms with Crippen LogP contribution in [0.2, 0.25) is 0 Å². The summed E-state index contributed by atoms with van der Waals surface area (Å²) in [4.78, 5) is 17.5. The van der Waals surface area contributed by atoms with E-state index in [9.17, 15) is 4.79 Å². The van der Waals surface area contributed by atoms with Gasteiger partial charge in [-0.2, -0.15) is 0 Å². The van der Waals surface area contributed by atoms with E-state index in [0.717, 1.165) is 42.8 Å². The monoisotopic (exact) mass is 342 g/mol. The molecule has 0 aliphatic carbocycles. The van der Waals surface area contributed by atoms with Crippen LogP contribution in [0, 0.1) is 0 Å². The number of amides is 1. The molecule has 126 valence electrons. The van der Waals surface area contributed by atoms with Crippen LogP contribution < -0.4 is 0 Å². The lowest BCUT2D eigenvalue weighted by Gasteiger charge is -2.28. The normalized spacial score (nSPS) is 21.5. The number of benzene rings is 1. The Bertz CT molecular complexity index is 680. The summed E-state index contributed by atoms with van der Waals surface area (Å²) in [6, 6.07) is 8.15. The van der Waals surface area contributed by atoms with Gasteiger partial charge >= 0.3 is 0 Å². The average Bonchev–Trinajstić information content (AvgIpc) is 3.37. The first kappa shape index (κ1) is 15.7. The molecule has 4 rings (SSSR count). The van der Waals surface area contributed by atoms with Crippen molar-refractivity contribution < 1.29 is 4.79 Å². The maximum atomic E-state index is 12.9. The molecule has 5 nitrogen and oxygen atoms in total. The first-order valence-electron chi connectivity index (χ1n) is 8.72. The molecule has 0 spiro atoms. The van der Waals surface area contributed by atoms with E-state index < -0.39 is 0 Å². The molecule has 0 N–H and O–H groups in total. The second-order valence-electron chi connectivity index (χ2n) is 6.67. The van der Waals surface area contributed by atoms with Crippen molar-refractivity contribution >= 4 is 17.4 Å². The Morgan fingerprint density at radius 1 is 1.12 bits per heavy atom. The molecule has 2 aromatic rings. The van der Waals surface area contributed by atoms with Crippen molar-refractivity contribution in [2.24, 2.45) is 0 Å². The minimum atomic E-state index is 0.166. The Balaban J connectivity index is 1.45. The predicted molar refractivity (Wildman–Crippen MR) is 95.1 cm³/mol. The van der Waals surface area contributed by atoms with Gasteiger partial charge in [0.05, 0.1) is 0 Å². The van der Waals surface area contributed by atoms with E-state index in [0.29, 0.717) is 6.04 Å². The van der Waals surface area contributed by atoms with Crippen molar-refractivity contribution in [3.05, 3.63) is 35.2 Å². The fourth-order valence-corrected chi connectivity index (χ4v) is 4.26. The highest BCUT2D eigenvalue weighted by atomic mass is 32.1. The molecule has 1 aromatic carbocycles. The van der Waals surface area contributed by atoms with Crippen molar-refractivity contribution in [1.29, 1.82) is 0 Å². The lowest BCUT2D eigenvalue weighted by atomic mass is 10.1. The number of likely N-dealkylation sites (tertiary alicyclic amines) is 2. The van der Waals surface area contributed by atoms with Crippen LogP contribution in [0.5, 0.6) is 0 Å². The van der Waals surface area contributed by atoms with Crippen LogP contribution in [-0.2, 0) is 0 Å². The fourth-order valence-electron chi connectivity index (χ4n) is 3.80. The number of carbonyl (C=O) groups is 1. The van der Waals surface area contributed by atoms with Gasteiger partial charge in [0.25, 0.3) is 5.91 Å². The van der Waals surface area contributed by atoms with Gasteiger partial charge in [0.15, 0.2) is 0 Å². The Kier molecular flexibility index (Phi) is 4.58. The van der Waals surface area contributed by atoms with E-state index in [1.807, 2.05) is 29.6 Å². The summed E-state index contributed by atoms with van der Waals surface area (Å²) in [5.74, 6) is 0.166. The zero-order chi connectivity index (χ0) is 16.4. The fraction of sp³-hybridized carbons (Fsp3) is 0.500. The maximum Gasteiger partial charge on any atom is 0.254 e. The second-order valence-corrected chi connectivity index (χ2v) is 7.28. The largest absolute Gasteiger partial charge is 0.334 e. The summed E-state index contributed by atoms with van der Waals surface area (Å²) in [7, 11) is 0. The Morgan fingerprint density at radius 2 is 1.92 bits per heavy atom. The first-order chi connectivity index (χ1) is 11.8. The highest BCUT2D eigenvalue weighted by Gasteiger charge is 2.31. The number of hydrogen-bond donors (Lipinski definition) is 0. The predicted octanol–water partition coefficient (Wildman–Crippen LogP) is 2.91. The minimum Gasteiger partial charge on any atom is -0.334 e. The van der Waals surface area contributed by atoms with Crippen molar-refractivity contribution in [3.63, 3.8) is 0 Å². The van der Waals surface area contributed by atoms with E-state index in [-0.39, 0.29) is 5.91 Å². The number of aromatic nitrogens is 2. The summed E-state index contributed by atoms with van der Waals surface area (Å²) in [6.07, 6.45) is 4.85. The molecular weight excluding hydrogens is 320 g/mol. The smallest absolute Gasteiger partial charge is 0.254 e. The van der Waals surface area contributed by atoms with E-state index in [4.69, 9.17) is 0 Å². The van der Waals surface area contributed by atoms with Crippen molar-refractivity contribution in [3.8, 4) is 11.3 Å². The third-order valence-electron chi connectivity index (χ3n) is 5.09. The molecule has 2 aliphatic heterocycles. The van der Waals surface area contributed by atoms with Gasteiger partial charge in [-0.3, -0.25) is 4.79 Å². The number of rotatable bonds is 4. The van der Waals surface area contributed by atoms with Crippen LogP contribution in [0.1, 0.15) is 36.0 Å². The van der Waals surface area contributed by atoms with E-state index >= 15 is 0 Å². The van der Waals surface area contributed by atoms with Gasteiger partial charge in [-0.1, -0.05) is 16.6 Å². The van der Waals surface area contributed by atoms with Crippen molar-refractivity contribution in [2.45, 2.75) is 31.7 Å². The Morgan fingerprint density at radius 3 is 2.62 bits per heavy atom. The first-order valence-corrected chi connectivity index (χ1v) is 9.56. The number of hydrogen-bond acceptors (Lipinski definition) is 5. The van der Waals surface area contributed by atoms with E-state index in [2.05, 4.69) is 19.4 Å². The summed E-state index contributed by atoms with van der Waals surface area (Å²) in [5.41, 5.74) is 2.65. The molecule has 2 fully saturated rings. The van der Waals surface area contributed by atoms with Gasteiger partial charge in [0, 0.05) is 35.6 Å². The van der Waals surface area contributed by atoms with E-state index in [1.165, 1.54) is 37.5 Å². The molecule has 0 unspecified atom stereocenters. The van der Waals surface area contributed by atoms with Gasteiger partial charge in [-0.05, 0) is 62.4 Å². The quantitative estimate of drug-likeness (QED) is 0.857. The van der Waals surface area contributed by atoms with Gasteiger partial charge in [0.2, 0.25) is 0 Å². The molecule has 2 aliphatic rings. The number of carbonyl (C=O) groups excluding carboxylic acids is 1. The van der Waals surface area contributed by atoms with Crippen LogP contribution in [0.4, 0.5) is 0 Å². The standard InChI is InChI=1S/C18H22N4OS/c23-18(15-7-5-14(6-8-15)17-13-24-20-19-17)22-11-3-4-16(22)12-21-9-1-2-10-21/h5-8,13,16H,1-4,9-12H2/t16-/m0/s1. The number of nitrogens with zero attached hydrogens (tertiary/aromatic N) is 4. The molecule has 2 saturated heterocycles. The SMILES string of the molecule is O=C(c1ccc(-c2csnn2)cc1)N1CCC[C@H]1CN1CCCC1. The summed E-state index contributed by atoms with van der Waals surface area (Å²) >= 11 is 1.34. The molecule has 6 heteroatoms. The lowest BCUT2D eigenvalue weighted by Crippen LogP contribution is -2.42. The van der Waals surface area contributed by atoms with Gasteiger partial charge < -0.3 is 9.80 Å². The molecule has 0 radical (unpaired) electrons. The van der Waals surface area contributed by atoms with E-state index in [1.54, 1.807) is 0 Å². The molecular formula is C18H22N4OS. The molecule has 0 saturated carbocycles. The average molecular weight is 342 g/mol. The van der Waals surface area contributed by atoms with Gasteiger partial charge in [-0.25, -0.2) is 0 Å². The lowest BCUT2D eigenvalue weighted by molar-refractivity contribution is 0.0709. The van der Waals surface area contributed by atoms with Crippen LogP contribution >= 0.6 is 11.5 Å². The second kappa shape index (κ2) is 6.99. The third kappa shape index (κ3) is 3.21. The van der Waals surface area contributed by atoms with Crippen LogP contribution in [0.25, 0.3) is 11.3 Å². The Hall–Kier alpha value is -1.79. The molecule has 1 amide bonds. The zero-order valence-electron chi connectivity index (χ0n) is 13.7. The zero-order valence-corrected chi connectivity index (χ0v) is 14.5. The molecule has 1 atom stereocenters. The summed E-state index contributed by atoms with van der Waals surface area (Å²) < 4.78 is 3.89. The Labute approximate surface area is 146 Å². The van der Waals surface area contributed by atoms with Crippen LogP contribution in [-0.4, -0.2) is 57.5 Å². The maximum absolute atomic E-state index is 12.9. The van der Waals surface area contributed by atoms with Crippen molar-refractivity contribution in [1.82, 2.24) is 19.4 Å². The van der Waals surface area contributed by atoms with Crippen molar-refractivity contribution in [2.75, 3.05) is 26.2 Å². The highest BCUT2D eigenvalue weighted by Crippen LogP contribution is 2.24. The molecule has 0 bridgehead atoms. The van der Waals surface area contributed by atoms with Crippen LogP contribution in [0.15, 0.2) is 29.6 Å². The summed E-state index contributed by atoms with van der Waals surface area (Å²) in [5, 5.41) is 6.00.